The molecule has 1 aliphatic rings. The molecule has 1 unspecified atom stereocenters. The van der Waals surface area contributed by atoms with Gasteiger partial charge in [-0.1, -0.05) is 6.92 Å². The molecule has 5 heteroatoms. The Morgan fingerprint density at radius 2 is 1.86 bits per heavy atom. The lowest BCUT2D eigenvalue weighted by Gasteiger charge is -2.42. The second kappa shape index (κ2) is 6.38. The highest BCUT2D eigenvalue weighted by molar-refractivity contribution is 6.07. The first-order valence-electron chi connectivity index (χ1n) is 7.80. The van der Waals surface area contributed by atoms with E-state index in [1.165, 1.54) is 0 Å². The van der Waals surface area contributed by atoms with E-state index in [2.05, 4.69) is 0 Å². The number of aryl methyl sites for hydroxylation is 2. The zero-order chi connectivity index (χ0) is 16.4. The van der Waals surface area contributed by atoms with Crippen LogP contribution in [0.5, 0.6) is 0 Å². The van der Waals surface area contributed by atoms with Crippen molar-refractivity contribution in [3.63, 3.8) is 0 Å². The Kier molecular flexibility index (Phi) is 4.74. The van der Waals surface area contributed by atoms with Crippen LogP contribution < -0.4 is 4.90 Å². The molecule has 0 saturated carbocycles. The fourth-order valence-corrected chi connectivity index (χ4v) is 2.81. The normalized spacial score (nSPS) is 17.5. The first-order chi connectivity index (χ1) is 10.4. The molecule has 1 atom stereocenters. The molecule has 1 aromatic rings. The van der Waals surface area contributed by atoms with E-state index in [0.29, 0.717) is 24.4 Å². The van der Waals surface area contributed by atoms with Gasteiger partial charge in [-0.15, -0.1) is 0 Å². The summed E-state index contributed by atoms with van der Waals surface area (Å²) in [4.78, 5) is 28.5. The smallest absolute Gasteiger partial charge is 0.416 e. The molecule has 22 heavy (non-hydrogen) atoms. The Bertz CT molecular complexity index is 598. The summed E-state index contributed by atoms with van der Waals surface area (Å²) in [6.07, 6.45) is 0.0848. The van der Waals surface area contributed by atoms with Gasteiger partial charge < -0.3 is 9.64 Å². The van der Waals surface area contributed by atoms with Crippen LogP contribution in [0.25, 0.3) is 0 Å². The van der Waals surface area contributed by atoms with Crippen LogP contribution in [0.1, 0.15) is 48.7 Å². The lowest BCUT2D eigenvalue weighted by atomic mass is 9.99. The second-order valence-corrected chi connectivity index (χ2v) is 5.65. The number of benzene rings is 1. The maximum atomic E-state index is 12.8. The number of hydrogen-bond acceptors (Lipinski definition) is 3. The van der Waals surface area contributed by atoms with Gasteiger partial charge in [0.15, 0.2) is 0 Å². The molecule has 0 aromatic heterocycles. The monoisotopic (exact) mass is 304 g/mol. The number of fused-ring (bicyclic) bond motifs is 1. The van der Waals surface area contributed by atoms with Crippen molar-refractivity contribution in [3.8, 4) is 0 Å². The van der Waals surface area contributed by atoms with Gasteiger partial charge in [0.25, 0.3) is 5.91 Å². The van der Waals surface area contributed by atoms with E-state index < -0.39 is 6.09 Å². The molecule has 2 rings (SSSR count). The van der Waals surface area contributed by atoms with Crippen molar-refractivity contribution < 1.29 is 14.3 Å². The first kappa shape index (κ1) is 16.3. The van der Waals surface area contributed by atoms with Gasteiger partial charge in [0.1, 0.15) is 6.17 Å². The Morgan fingerprint density at radius 3 is 2.45 bits per heavy atom. The van der Waals surface area contributed by atoms with Crippen molar-refractivity contribution >= 4 is 17.7 Å². The zero-order valence-corrected chi connectivity index (χ0v) is 14.0. The number of hydrogen-bond donors (Lipinski definition) is 0. The van der Waals surface area contributed by atoms with Gasteiger partial charge in [0, 0.05) is 6.54 Å². The van der Waals surface area contributed by atoms with E-state index in [0.717, 1.165) is 17.5 Å². The number of anilines is 1. The van der Waals surface area contributed by atoms with Crippen LogP contribution in [-0.2, 0) is 4.74 Å². The van der Waals surface area contributed by atoms with E-state index in [1.807, 2.05) is 39.8 Å². The molecule has 2 amide bonds. The van der Waals surface area contributed by atoms with Gasteiger partial charge in [-0.25, -0.2) is 4.79 Å². The summed E-state index contributed by atoms with van der Waals surface area (Å²) in [5.74, 6) is -0.0204. The lowest BCUT2D eigenvalue weighted by molar-refractivity contribution is 0.0658. The molecule has 0 radical (unpaired) electrons. The number of amides is 2. The molecule has 0 bridgehead atoms. The number of carbonyl (C=O) groups is 2. The standard InChI is InChI=1S/C17H24N2O3/c1-6-8-18-13(5)19(17(21)22-7-2)15-10-12(4)11(3)9-14(15)16(18)20/h9-10,13H,6-8H2,1-5H3. The summed E-state index contributed by atoms with van der Waals surface area (Å²) < 4.78 is 5.19. The minimum Gasteiger partial charge on any atom is -0.449 e. The molecule has 120 valence electrons. The SMILES string of the molecule is CCCN1C(=O)c2cc(C)c(C)cc2N(C(=O)OCC)C1C. The molecule has 0 N–H and O–H groups in total. The van der Waals surface area contributed by atoms with Gasteiger partial charge in [-0.05, 0) is 57.4 Å². The average molecular weight is 304 g/mol. The van der Waals surface area contributed by atoms with Crippen LogP contribution in [0.15, 0.2) is 12.1 Å². The van der Waals surface area contributed by atoms with Gasteiger partial charge in [0.05, 0.1) is 17.9 Å². The van der Waals surface area contributed by atoms with Crippen molar-refractivity contribution in [2.45, 2.75) is 47.2 Å². The fraction of sp³-hybridized carbons (Fsp3) is 0.529. The molecule has 5 nitrogen and oxygen atoms in total. The molecule has 1 aliphatic heterocycles. The summed E-state index contributed by atoms with van der Waals surface area (Å²) >= 11 is 0. The fourth-order valence-electron chi connectivity index (χ4n) is 2.81. The highest BCUT2D eigenvalue weighted by Crippen LogP contribution is 2.33. The Hall–Kier alpha value is -2.04. The minimum absolute atomic E-state index is 0.0204. The van der Waals surface area contributed by atoms with Gasteiger partial charge in [-0.2, -0.15) is 0 Å². The predicted octanol–water partition coefficient (Wildman–Crippen LogP) is 3.48. The second-order valence-electron chi connectivity index (χ2n) is 5.65. The maximum absolute atomic E-state index is 12.8. The van der Waals surface area contributed by atoms with E-state index >= 15 is 0 Å². The molecular formula is C17H24N2O3. The van der Waals surface area contributed by atoms with E-state index in [1.54, 1.807) is 16.7 Å². The molecular weight excluding hydrogens is 280 g/mol. The molecule has 0 spiro atoms. The van der Waals surface area contributed by atoms with E-state index in [4.69, 9.17) is 4.74 Å². The first-order valence-corrected chi connectivity index (χ1v) is 7.80. The van der Waals surface area contributed by atoms with Crippen molar-refractivity contribution in [1.82, 2.24) is 4.90 Å². The highest BCUT2D eigenvalue weighted by Gasteiger charge is 2.38. The maximum Gasteiger partial charge on any atom is 0.416 e. The van der Waals surface area contributed by atoms with Crippen LogP contribution in [0.2, 0.25) is 0 Å². The number of nitrogens with zero attached hydrogens (tertiary/aromatic N) is 2. The number of ether oxygens (including phenoxy) is 1. The van der Waals surface area contributed by atoms with Crippen molar-refractivity contribution in [3.05, 3.63) is 28.8 Å². The average Bonchev–Trinajstić information content (AvgIpc) is 2.46. The summed E-state index contributed by atoms with van der Waals surface area (Å²) in [7, 11) is 0. The third-order valence-corrected chi connectivity index (χ3v) is 4.12. The van der Waals surface area contributed by atoms with Gasteiger partial charge >= 0.3 is 6.09 Å². The lowest BCUT2D eigenvalue weighted by Crippen LogP contribution is -2.56. The largest absolute Gasteiger partial charge is 0.449 e. The van der Waals surface area contributed by atoms with Crippen LogP contribution in [0.3, 0.4) is 0 Å². The Morgan fingerprint density at radius 1 is 1.23 bits per heavy atom. The van der Waals surface area contributed by atoms with Gasteiger partial charge in [-0.3, -0.25) is 9.69 Å². The van der Waals surface area contributed by atoms with E-state index in [-0.39, 0.29) is 12.1 Å². The third kappa shape index (κ3) is 2.67. The Balaban J connectivity index is 2.58. The summed E-state index contributed by atoms with van der Waals surface area (Å²) in [5, 5.41) is 0. The minimum atomic E-state index is -0.409. The van der Waals surface area contributed by atoms with Crippen LogP contribution in [0.4, 0.5) is 10.5 Å². The third-order valence-electron chi connectivity index (χ3n) is 4.12. The molecule has 1 heterocycles. The van der Waals surface area contributed by atoms with Crippen molar-refractivity contribution in [1.29, 1.82) is 0 Å². The van der Waals surface area contributed by atoms with E-state index in [9.17, 15) is 9.59 Å². The van der Waals surface area contributed by atoms with Crippen molar-refractivity contribution in [2.24, 2.45) is 0 Å². The molecule has 0 fully saturated rings. The molecule has 0 saturated heterocycles. The quantitative estimate of drug-likeness (QED) is 0.859. The van der Waals surface area contributed by atoms with Crippen LogP contribution in [-0.4, -0.2) is 36.2 Å². The topological polar surface area (TPSA) is 49.9 Å². The molecule has 0 aliphatic carbocycles. The summed E-state index contributed by atoms with van der Waals surface area (Å²) in [6, 6.07) is 3.77. The summed E-state index contributed by atoms with van der Waals surface area (Å²) in [5.41, 5.74) is 3.31. The Labute approximate surface area is 131 Å². The summed E-state index contributed by atoms with van der Waals surface area (Å²) in [6.45, 7) is 10.5. The number of rotatable bonds is 3. The van der Waals surface area contributed by atoms with Crippen LogP contribution >= 0.6 is 0 Å². The predicted molar refractivity (Wildman–Crippen MR) is 86.2 cm³/mol. The van der Waals surface area contributed by atoms with Crippen LogP contribution in [0, 0.1) is 13.8 Å². The van der Waals surface area contributed by atoms with Gasteiger partial charge in [0.2, 0.25) is 0 Å². The number of carbonyl (C=O) groups excluding carboxylic acids is 2. The zero-order valence-electron chi connectivity index (χ0n) is 14.0. The highest BCUT2D eigenvalue weighted by atomic mass is 16.6. The van der Waals surface area contributed by atoms with Crippen molar-refractivity contribution in [2.75, 3.05) is 18.1 Å². The molecule has 1 aromatic carbocycles.